The molecule has 0 atom stereocenters. The van der Waals surface area contributed by atoms with Crippen molar-refractivity contribution in [1.29, 1.82) is 0 Å². The minimum Gasteiger partial charge on any atom is -0.489 e. The predicted octanol–water partition coefficient (Wildman–Crippen LogP) is 5.15. The van der Waals surface area contributed by atoms with Gasteiger partial charge in [-0.3, -0.25) is 4.79 Å². The Hall–Kier alpha value is -3.40. The zero-order chi connectivity index (χ0) is 19.8. The number of hydrogen-bond acceptors (Lipinski definition) is 3. The highest BCUT2D eigenvalue weighted by Gasteiger charge is 2.05. The summed E-state index contributed by atoms with van der Waals surface area (Å²) in [4.78, 5) is 12.2. The molecule has 0 fully saturated rings. The van der Waals surface area contributed by atoms with Crippen LogP contribution in [-0.4, -0.2) is 12.1 Å². The first-order valence-electron chi connectivity index (χ1n) is 9.32. The zero-order valence-electron chi connectivity index (χ0n) is 16.1. The van der Waals surface area contributed by atoms with Crippen molar-refractivity contribution in [2.45, 2.75) is 26.4 Å². The third-order valence-electron chi connectivity index (χ3n) is 4.33. The summed E-state index contributed by atoms with van der Waals surface area (Å²) in [5.41, 5.74) is 6.31. The Bertz CT molecular complexity index is 932. The minimum atomic E-state index is -0.233. The van der Waals surface area contributed by atoms with Crippen LogP contribution in [-0.2, 0) is 6.61 Å². The second kappa shape index (κ2) is 9.51. The summed E-state index contributed by atoms with van der Waals surface area (Å²) in [5, 5.41) is 4.05. The topological polar surface area (TPSA) is 50.7 Å². The van der Waals surface area contributed by atoms with E-state index in [1.807, 2.05) is 78.9 Å². The standard InChI is InChI=1S/C24H24N2O2/c1-18(2)21-11-13-22(14-12-21)24(27)26-25-16-20-9-6-10-23(15-20)28-17-19-7-4-3-5-8-19/h3-16,18H,17H2,1-2H3,(H,26,27)/b25-16+. The molecular weight excluding hydrogens is 348 g/mol. The maximum atomic E-state index is 12.2. The summed E-state index contributed by atoms with van der Waals surface area (Å²) in [6.45, 7) is 4.75. The van der Waals surface area contributed by atoms with Crippen LogP contribution in [0.5, 0.6) is 5.75 Å². The first-order chi connectivity index (χ1) is 13.6. The quantitative estimate of drug-likeness (QED) is 0.460. The van der Waals surface area contributed by atoms with E-state index in [1.54, 1.807) is 6.21 Å². The lowest BCUT2D eigenvalue weighted by atomic mass is 10.0. The summed E-state index contributed by atoms with van der Waals surface area (Å²) in [6, 6.07) is 25.2. The zero-order valence-corrected chi connectivity index (χ0v) is 16.1. The summed E-state index contributed by atoms with van der Waals surface area (Å²) >= 11 is 0. The lowest BCUT2D eigenvalue weighted by Crippen LogP contribution is -2.17. The van der Waals surface area contributed by atoms with Crippen molar-refractivity contribution < 1.29 is 9.53 Å². The van der Waals surface area contributed by atoms with Crippen LogP contribution in [0.15, 0.2) is 84.0 Å². The van der Waals surface area contributed by atoms with E-state index < -0.39 is 0 Å². The van der Waals surface area contributed by atoms with Gasteiger partial charge < -0.3 is 4.74 Å². The Balaban J connectivity index is 1.55. The van der Waals surface area contributed by atoms with Crippen molar-refractivity contribution in [3.63, 3.8) is 0 Å². The van der Waals surface area contributed by atoms with E-state index in [4.69, 9.17) is 4.74 Å². The number of carbonyl (C=O) groups excluding carboxylic acids is 1. The number of ether oxygens (including phenoxy) is 1. The third-order valence-corrected chi connectivity index (χ3v) is 4.33. The van der Waals surface area contributed by atoms with Crippen LogP contribution in [0.1, 0.15) is 46.8 Å². The molecule has 0 saturated heterocycles. The molecule has 3 aromatic rings. The molecule has 3 aromatic carbocycles. The summed E-state index contributed by atoms with van der Waals surface area (Å²) < 4.78 is 5.81. The maximum absolute atomic E-state index is 12.2. The van der Waals surface area contributed by atoms with Gasteiger partial charge in [-0.25, -0.2) is 5.43 Å². The van der Waals surface area contributed by atoms with Crippen LogP contribution in [0.25, 0.3) is 0 Å². The van der Waals surface area contributed by atoms with Gasteiger partial charge in [0, 0.05) is 5.56 Å². The maximum Gasteiger partial charge on any atom is 0.271 e. The van der Waals surface area contributed by atoms with Crippen LogP contribution in [0.4, 0.5) is 0 Å². The van der Waals surface area contributed by atoms with Crippen molar-refractivity contribution in [3.8, 4) is 5.75 Å². The molecule has 0 heterocycles. The Morgan fingerprint density at radius 1 is 1.00 bits per heavy atom. The van der Waals surface area contributed by atoms with Crippen molar-refractivity contribution in [3.05, 3.63) is 101 Å². The highest BCUT2D eigenvalue weighted by Crippen LogP contribution is 2.15. The van der Waals surface area contributed by atoms with Gasteiger partial charge in [0.2, 0.25) is 0 Å². The number of hydrazone groups is 1. The van der Waals surface area contributed by atoms with Crippen LogP contribution in [0, 0.1) is 0 Å². The van der Waals surface area contributed by atoms with Gasteiger partial charge in [0.25, 0.3) is 5.91 Å². The van der Waals surface area contributed by atoms with E-state index in [-0.39, 0.29) is 5.91 Å². The number of nitrogens with zero attached hydrogens (tertiary/aromatic N) is 1. The molecule has 1 amide bonds. The first kappa shape index (κ1) is 19.4. The SMILES string of the molecule is CC(C)c1ccc(C(=O)N/N=C/c2cccc(OCc3ccccc3)c2)cc1. The fourth-order valence-electron chi connectivity index (χ4n) is 2.67. The molecule has 142 valence electrons. The monoisotopic (exact) mass is 372 g/mol. The van der Waals surface area contributed by atoms with Gasteiger partial charge in [-0.05, 0) is 46.9 Å². The van der Waals surface area contributed by atoms with E-state index >= 15 is 0 Å². The molecule has 4 nitrogen and oxygen atoms in total. The van der Waals surface area contributed by atoms with Crippen molar-refractivity contribution in [2.24, 2.45) is 5.10 Å². The normalized spacial score (nSPS) is 11.0. The van der Waals surface area contributed by atoms with Crippen LogP contribution >= 0.6 is 0 Å². The lowest BCUT2D eigenvalue weighted by molar-refractivity contribution is 0.0955. The molecule has 4 heteroatoms. The van der Waals surface area contributed by atoms with Crippen molar-refractivity contribution in [2.75, 3.05) is 0 Å². The predicted molar refractivity (Wildman–Crippen MR) is 113 cm³/mol. The summed E-state index contributed by atoms with van der Waals surface area (Å²) in [6.07, 6.45) is 1.61. The van der Waals surface area contributed by atoms with E-state index in [1.165, 1.54) is 5.56 Å². The molecule has 0 bridgehead atoms. The Morgan fingerprint density at radius 2 is 1.75 bits per heavy atom. The van der Waals surface area contributed by atoms with Crippen LogP contribution in [0.3, 0.4) is 0 Å². The summed E-state index contributed by atoms with van der Waals surface area (Å²) in [7, 11) is 0. The fourth-order valence-corrected chi connectivity index (χ4v) is 2.67. The highest BCUT2D eigenvalue weighted by atomic mass is 16.5. The molecular formula is C24H24N2O2. The van der Waals surface area contributed by atoms with Gasteiger partial charge in [0.1, 0.15) is 12.4 Å². The van der Waals surface area contributed by atoms with Crippen molar-refractivity contribution >= 4 is 12.1 Å². The van der Waals surface area contributed by atoms with Gasteiger partial charge in [-0.15, -0.1) is 0 Å². The fraction of sp³-hybridized carbons (Fsp3) is 0.167. The largest absolute Gasteiger partial charge is 0.489 e. The molecule has 28 heavy (non-hydrogen) atoms. The molecule has 0 unspecified atom stereocenters. The molecule has 0 spiro atoms. The number of hydrogen-bond donors (Lipinski definition) is 1. The Kier molecular flexibility index (Phi) is 6.58. The molecule has 0 aliphatic carbocycles. The average molecular weight is 372 g/mol. The van der Waals surface area contributed by atoms with Gasteiger partial charge in [-0.1, -0.05) is 68.4 Å². The number of nitrogens with one attached hydrogen (secondary N) is 1. The molecule has 1 N–H and O–H groups in total. The average Bonchev–Trinajstić information content (AvgIpc) is 2.73. The molecule has 0 aliphatic rings. The third kappa shape index (κ3) is 5.55. The van der Waals surface area contributed by atoms with Crippen molar-refractivity contribution in [1.82, 2.24) is 5.43 Å². The van der Waals surface area contributed by atoms with E-state index in [0.29, 0.717) is 18.1 Å². The number of amides is 1. The highest BCUT2D eigenvalue weighted by molar-refractivity contribution is 5.94. The number of carbonyl (C=O) groups is 1. The van der Waals surface area contributed by atoms with E-state index in [9.17, 15) is 4.79 Å². The molecule has 0 saturated carbocycles. The van der Waals surface area contributed by atoms with E-state index in [2.05, 4.69) is 24.4 Å². The smallest absolute Gasteiger partial charge is 0.271 e. The minimum absolute atomic E-state index is 0.233. The second-order valence-corrected chi connectivity index (χ2v) is 6.82. The number of rotatable bonds is 7. The van der Waals surface area contributed by atoms with Crippen LogP contribution < -0.4 is 10.2 Å². The van der Waals surface area contributed by atoms with E-state index in [0.717, 1.165) is 16.9 Å². The second-order valence-electron chi connectivity index (χ2n) is 6.82. The Morgan fingerprint density at radius 3 is 2.46 bits per heavy atom. The number of benzene rings is 3. The van der Waals surface area contributed by atoms with Gasteiger partial charge in [0.05, 0.1) is 6.21 Å². The molecule has 0 aromatic heterocycles. The van der Waals surface area contributed by atoms with Gasteiger partial charge >= 0.3 is 0 Å². The first-order valence-corrected chi connectivity index (χ1v) is 9.32. The lowest BCUT2D eigenvalue weighted by Gasteiger charge is -2.07. The molecule has 0 radical (unpaired) electrons. The van der Waals surface area contributed by atoms with Gasteiger partial charge in [-0.2, -0.15) is 5.10 Å². The van der Waals surface area contributed by atoms with Gasteiger partial charge in [0.15, 0.2) is 0 Å². The molecule has 3 rings (SSSR count). The summed E-state index contributed by atoms with van der Waals surface area (Å²) in [5.74, 6) is 0.956. The van der Waals surface area contributed by atoms with Crippen LogP contribution in [0.2, 0.25) is 0 Å². The Labute approximate surface area is 165 Å². The molecule has 0 aliphatic heterocycles.